The number of carbonyl (C=O) groups excluding carboxylic acids is 1. The lowest BCUT2D eigenvalue weighted by atomic mass is 10.1. The minimum absolute atomic E-state index is 0.0734. The van der Waals surface area contributed by atoms with E-state index < -0.39 is 0 Å². The molecule has 1 aromatic heterocycles. The summed E-state index contributed by atoms with van der Waals surface area (Å²) in [5, 5.41) is 4.20. The van der Waals surface area contributed by atoms with E-state index in [9.17, 15) is 4.79 Å². The molecule has 1 aromatic carbocycles. The molecule has 2 atom stereocenters. The first-order chi connectivity index (χ1) is 10.6. The fourth-order valence-electron chi connectivity index (χ4n) is 2.91. The lowest BCUT2D eigenvalue weighted by Crippen LogP contribution is -2.48. The molecule has 1 aliphatic heterocycles. The number of carbonyl (C=O) groups is 1. The van der Waals surface area contributed by atoms with Crippen molar-refractivity contribution in [3.05, 3.63) is 53.9 Å². The van der Waals surface area contributed by atoms with Crippen molar-refractivity contribution in [2.45, 2.75) is 32.6 Å². The first-order valence-electron chi connectivity index (χ1n) is 7.63. The minimum Gasteiger partial charge on any atom is -0.372 e. The summed E-state index contributed by atoms with van der Waals surface area (Å²) in [7, 11) is 0. The van der Waals surface area contributed by atoms with Crippen LogP contribution in [-0.2, 0) is 11.3 Å². The average molecular weight is 299 g/mol. The van der Waals surface area contributed by atoms with E-state index in [1.165, 1.54) is 0 Å². The SMILES string of the molecule is C[C@@H]1CN(C(=O)c2cccc(Cn3cccn3)c2)C[C@@H](C)O1. The van der Waals surface area contributed by atoms with Crippen LogP contribution in [0.25, 0.3) is 0 Å². The monoisotopic (exact) mass is 299 g/mol. The summed E-state index contributed by atoms with van der Waals surface area (Å²) in [6.45, 7) is 5.97. The van der Waals surface area contributed by atoms with Gasteiger partial charge in [0.25, 0.3) is 5.91 Å². The number of morpholine rings is 1. The largest absolute Gasteiger partial charge is 0.372 e. The highest BCUT2D eigenvalue weighted by atomic mass is 16.5. The Kier molecular flexibility index (Phi) is 4.24. The molecular formula is C17H21N3O2. The molecule has 0 aliphatic carbocycles. The maximum atomic E-state index is 12.7. The zero-order valence-electron chi connectivity index (χ0n) is 13.0. The van der Waals surface area contributed by atoms with E-state index >= 15 is 0 Å². The van der Waals surface area contributed by atoms with Crippen molar-refractivity contribution >= 4 is 5.91 Å². The summed E-state index contributed by atoms with van der Waals surface area (Å²) in [4.78, 5) is 14.6. The average Bonchev–Trinajstić information content (AvgIpc) is 2.98. The Hall–Kier alpha value is -2.14. The summed E-state index contributed by atoms with van der Waals surface area (Å²) >= 11 is 0. The van der Waals surface area contributed by atoms with Crippen molar-refractivity contribution in [1.82, 2.24) is 14.7 Å². The number of amides is 1. The van der Waals surface area contributed by atoms with Gasteiger partial charge < -0.3 is 9.64 Å². The predicted molar refractivity (Wildman–Crippen MR) is 83.7 cm³/mol. The van der Waals surface area contributed by atoms with E-state index in [1.807, 2.05) is 60.0 Å². The number of hydrogen-bond acceptors (Lipinski definition) is 3. The molecule has 0 radical (unpaired) electrons. The maximum absolute atomic E-state index is 12.7. The van der Waals surface area contributed by atoms with Crippen molar-refractivity contribution < 1.29 is 9.53 Å². The smallest absolute Gasteiger partial charge is 0.254 e. The summed E-state index contributed by atoms with van der Waals surface area (Å²) in [5.41, 5.74) is 1.80. The number of rotatable bonds is 3. The Morgan fingerprint density at radius 1 is 1.27 bits per heavy atom. The lowest BCUT2D eigenvalue weighted by Gasteiger charge is -2.35. The van der Waals surface area contributed by atoms with Gasteiger partial charge >= 0.3 is 0 Å². The number of ether oxygens (including phenoxy) is 1. The predicted octanol–water partition coefficient (Wildman–Crippen LogP) is 2.18. The molecule has 0 bridgehead atoms. The van der Waals surface area contributed by atoms with E-state index in [2.05, 4.69) is 5.10 Å². The number of hydrogen-bond donors (Lipinski definition) is 0. The third-order valence-corrected chi connectivity index (χ3v) is 3.78. The molecule has 1 aliphatic rings. The van der Waals surface area contributed by atoms with Crippen LogP contribution in [-0.4, -0.2) is 45.9 Å². The number of nitrogens with zero attached hydrogens (tertiary/aromatic N) is 3. The van der Waals surface area contributed by atoms with E-state index in [1.54, 1.807) is 6.20 Å². The molecule has 2 aromatic rings. The third kappa shape index (κ3) is 3.36. The highest BCUT2D eigenvalue weighted by Gasteiger charge is 2.26. The quantitative estimate of drug-likeness (QED) is 0.873. The molecule has 22 heavy (non-hydrogen) atoms. The van der Waals surface area contributed by atoms with Crippen LogP contribution in [0, 0.1) is 0 Å². The standard InChI is InChI=1S/C17H21N3O2/c1-13-10-19(11-14(2)22-13)17(21)16-6-3-5-15(9-16)12-20-8-4-7-18-20/h3-9,13-14H,10-12H2,1-2H3/t13-,14-/m1/s1. The van der Waals surface area contributed by atoms with Crippen LogP contribution in [0.1, 0.15) is 29.8 Å². The van der Waals surface area contributed by atoms with Crippen LogP contribution in [0.15, 0.2) is 42.7 Å². The van der Waals surface area contributed by atoms with Crippen LogP contribution < -0.4 is 0 Å². The highest BCUT2D eigenvalue weighted by Crippen LogP contribution is 2.15. The molecule has 0 spiro atoms. The van der Waals surface area contributed by atoms with Crippen LogP contribution in [0.4, 0.5) is 0 Å². The molecule has 3 rings (SSSR count). The minimum atomic E-state index is 0.0734. The van der Waals surface area contributed by atoms with Gasteiger partial charge in [-0.15, -0.1) is 0 Å². The van der Waals surface area contributed by atoms with Crippen molar-refractivity contribution in [1.29, 1.82) is 0 Å². The zero-order chi connectivity index (χ0) is 15.5. The van der Waals surface area contributed by atoms with Crippen LogP contribution >= 0.6 is 0 Å². The van der Waals surface area contributed by atoms with Gasteiger partial charge in [-0.05, 0) is 37.6 Å². The molecule has 0 N–H and O–H groups in total. The van der Waals surface area contributed by atoms with Gasteiger partial charge in [-0.3, -0.25) is 9.48 Å². The molecule has 0 saturated carbocycles. The van der Waals surface area contributed by atoms with E-state index in [0.29, 0.717) is 19.6 Å². The van der Waals surface area contributed by atoms with Gasteiger partial charge in [0.2, 0.25) is 0 Å². The molecular weight excluding hydrogens is 278 g/mol. The molecule has 1 amide bonds. The Bertz CT molecular complexity index is 629. The maximum Gasteiger partial charge on any atom is 0.254 e. The second kappa shape index (κ2) is 6.32. The second-order valence-corrected chi connectivity index (χ2v) is 5.87. The highest BCUT2D eigenvalue weighted by molar-refractivity contribution is 5.94. The molecule has 1 saturated heterocycles. The van der Waals surface area contributed by atoms with Crippen LogP contribution in [0.5, 0.6) is 0 Å². The van der Waals surface area contributed by atoms with Gasteiger partial charge in [0, 0.05) is 31.0 Å². The fraction of sp³-hybridized carbons (Fsp3) is 0.412. The second-order valence-electron chi connectivity index (χ2n) is 5.87. The molecule has 5 heteroatoms. The summed E-state index contributed by atoms with van der Waals surface area (Å²) in [6.07, 6.45) is 3.84. The molecule has 5 nitrogen and oxygen atoms in total. The summed E-state index contributed by atoms with van der Waals surface area (Å²) in [5.74, 6) is 0.0734. The fourth-order valence-corrected chi connectivity index (χ4v) is 2.91. The molecule has 2 heterocycles. The van der Waals surface area contributed by atoms with E-state index in [4.69, 9.17) is 4.74 Å². The lowest BCUT2D eigenvalue weighted by molar-refractivity contribution is -0.0586. The molecule has 0 unspecified atom stereocenters. The van der Waals surface area contributed by atoms with Crippen molar-refractivity contribution in [2.75, 3.05) is 13.1 Å². The van der Waals surface area contributed by atoms with Gasteiger partial charge in [-0.2, -0.15) is 5.10 Å². The Morgan fingerprint density at radius 2 is 2.05 bits per heavy atom. The first-order valence-corrected chi connectivity index (χ1v) is 7.63. The van der Waals surface area contributed by atoms with Gasteiger partial charge in [0.1, 0.15) is 0 Å². The van der Waals surface area contributed by atoms with Crippen molar-refractivity contribution in [3.63, 3.8) is 0 Å². The topological polar surface area (TPSA) is 47.4 Å². The zero-order valence-corrected chi connectivity index (χ0v) is 13.0. The van der Waals surface area contributed by atoms with E-state index in [0.717, 1.165) is 11.1 Å². The molecule has 116 valence electrons. The van der Waals surface area contributed by atoms with Crippen molar-refractivity contribution in [3.8, 4) is 0 Å². The summed E-state index contributed by atoms with van der Waals surface area (Å²) < 4.78 is 7.54. The Balaban J connectivity index is 1.75. The third-order valence-electron chi connectivity index (χ3n) is 3.78. The van der Waals surface area contributed by atoms with Gasteiger partial charge in [-0.1, -0.05) is 12.1 Å². The van der Waals surface area contributed by atoms with Crippen molar-refractivity contribution in [2.24, 2.45) is 0 Å². The normalized spacial score (nSPS) is 21.8. The van der Waals surface area contributed by atoms with Gasteiger partial charge in [0.05, 0.1) is 18.8 Å². The Morgan fingerprint density at radius 3 is 2.73 bits per heavy atom. The van der Waals surface area contributed by atoms with Gasteiger partial charge in [0.15, 0.2) is 0 Å². The van der Waals surface area contributed by atoms with Crippen LogP contribution in [0.3, 0.4) is 0 Å². The summed E-state index contributed by atoms with van der Waals surface area (Å²) in [6, 6.07) is 9.67. The van der Waals surface area contributed by atoms with E-state index in [-0.39, 0.29) is 18.1 Å². The van der Waals surface area contributed by atoms with Crippen LogP contribution in [0.2, 0.25) is 0 Å². The Labute approximate surface area is 130 Å². The van der Waals surface area contributed by atoms with Gasteiger partial charge in [-0.25, -0.2) is 0 Å². The first kappa shape index (κ1) is 14.8. The molecule has 1 fully saturated rings. The number of benzene rings is 1. The number of aromatic nitrogens is 2.